The van der Waals surface area contributed by atoms with Gasteiger partial charge in [0.2, 0.25) is 0 Å². The summed E-state index contributed by atoms with van der Waals surface area (Å²) < 4.78 is 0. The smallest absolute Gasteiger partial charge is 0.154 e. The molecule has 2 aromatic rings. The van der Waals surface area contributed by atoms with Gasteiger partial charge in [0.25, 0.3) is 0 Å². The van der Waals surface area contributed by atoms with E-state index in [1.54, 1.807) is 6.33 Å². The number of nitrogens with one attached hydrogen (secondary N) is 2. The van der Waals surface area contributed by atoms with Crippen LogP contribution in [-0.4, -0.2) is 23.1 Å². The standard InChI is InChI=1S/C28H47N5/c1-2-3-4-5-6-7-8-9-10-11-12-13-14-18-22-30-27-26(29)28(33-24-32-27)31-23-21-25-19-16-15-17-20-25/h15-17,19-20,24H,2-14,18,21-23,29H2,1H3,(H2,30,31,32,33). The maximum atomic E-state index is 6.27. The van der Waals surface area contributed by atoms with Gasteiger partial charge in [0.05, 0.1) is 0 Å². The van der Waals surface area contributed by atoms with Gasteiger partial charge in [-0.15, -0.1) is 0 Å². The Morgan fingerprint density at radius 2 is 1.12 bits per heavy atom. The van der Waals surface area contributed by atoms with Crippen LogP contribution in [0.15, 0.2) is 36.7 Å². The molecule has 0 radical (unpaired) electrons. The quantitative estimate of drug-likeness (QED) is 0.180. The molecular weight excluding hydrogens is 406 g/mol. The maximum absolute atomic E-state index is 6.27. The summed E-state index contributed by atoms with van der Waals surface area (Å²) in [6, 6.07) is 10.4. The summed E-state index contributed by atoms with van der Waals surface area (Å²) in [4.78, 5) is 8.63. The van der Waals surface area contributed by atoms with Gasteiger partial charge in [0.1, 0.15) is 12.0 Å². The van der Waals surface area contributed by atoms with Gasteiger partial charge in [-0.05, 0) is 18.4 Å². The highest BCUT2D eigenvalue weighted by atomic mass is 15.1. The molecule has 0 saturated carbocycles. The fourth-order valence-electron chi connectivity index (χ4n) is 4.17. The molecule has 1 aromatic carbocycles. The number of rotatable bonds is 20. The minimum absolute atomic E-state index is 0.607. The van der Waals surface area contributed by atoms with Crippen molar-refractivity contribution in [1.82, 2.24) is 9.97 Å². The zero-order valence-electron chi connectivity index (χ0n) is 21.0. The number of hydrogen-bond acceptors (Lipinski definition) is 5. The van der Waals surface area contributed by atoms with Crippen LogP contribution in [0.25, 0.3) is 0 Å². The molecule has 184 valence electrons. The first-order valence-electron chi connectivity index (χ1n) is 13.4. The number of aromatic nitrogens is 2. The molecule has 5 nitrogen and oxygen atoms in total. The van der Waals surface area contributed by atoms with Crippen LogP contribution in [-0.2, 0) is 6.42 Å². The highest BCUT2D eigenvalue weighted by molar-refractivity contribution is 5.73. The summed E-state index contributed by atoms with van der Waals surface area (Å²) in [5.74, 6) is 1.45. The number of anilines is 3. The second-order valence-corrected chi connectivity index (χ2v) is 9.17. The van der Waals surface area contributed by atoms with Crippen LogP contribution in [0.3, 0.4) is 0 Å². The highest BCUT2D eigenvalue weighted by Gasteiger charge is 2.07. The Kier molecular flexibility index (Phi) is 14.8. The fourth-order valence-corrected chi connectivity index (χ4v) is 4.17. The molecule has 0 unspecified atom stereocenters. The molecule has 0 atom stereocenters. The SMILES string of the molecule is CCCCCCCCCCCCCCCCNc1ncnc(NCCc2ccccc2)c1N. The molecule has 0 bridgehead atoms. The van der Waals surface area contributed by atoms with Crippen molar-refractivity contribution >= 4 is 17.3 Å². The van der Waals surface area contributed by atoms with Crippen molar-refractivity contribution in [3.63, 3.8) is 0 Å². The largest absolute Gasteiger partial charge is 0.393 e. The molecule has 0 amide bonds. The van der Waals surface area contributed by atoms with Crippen LogP contribution in [0.5, 0.6) is 0 Å². The lowest BCUT2D eigenvalue weighted by atomic mass is 10.0. The second-order valence-electron chi connectivity index (χ2n) is 9.17. The minimum atomic E-state index is 0.607. The van der Waals surface area contributed by atoms with Gasteiger partial charge in [-0.1, -0.05) is 121 Å². The number of benzene rings is 1. The first kappa shape index (κ1) is 26.9. The molecule has 0 spiro atoms. The predicted molar refractivity (Wildman–Crippen MR) is 144 cm³/mol. The van der Waals surface area contributed by atoms with E-state index in [1.165, 1.54) is 89.0 Å². The summed E-state index contributed by atoms with van der Waals surface area (Å²) in [5.41, 5.74) is 8.18. The van der Waals surface area contributed by atoms with Crippen molar-refractivity contribution in [2.45, 2.75) is 103 Å². The number of unbranched alkanes of at least 4 members (excludes halogenated alkanes) is 13. The van der Waals surface area contributed by atoms with Crippen LogP contribution < -0.4 is 16.4 Å². The maximum Gasteiger partial charge on any atom is 0.154 e. The normalized spacial score (nSPS) is 10.9. The monoisotopic (exact) mass is 453 g/mol. The number of nitrogens with zero attached hydrogens (tertiary/aromatic N) is 2. The number of nitrogens with two attached hydrogens (primary N) is 1. The van der Waals surface area contributed by atoms with E-state index in [0.29, 0.717) is 11.5 Å². The van der Waals surface area contributed by atoms with E-state index in [1.807, 2.05) is 6.07 Å². The van der Waals surface area contributed by atoms with Crippen molar-refractivity contribution in [2.24, 2.45) is 0 Å². The molecule has 0 aliphatic rings. The van der Waals surface area contributed by atoms with Crippen molar-refractivity contribution in [3.05, 3.63) is 42.2 Å². The van der Waals surface area contributed by atoms with Crippen LogP contribution in [0.4, 0.5) is 17.3 Å². The van der Waals surface area contributed by atoms with Gasteiger partial charge < -0.3 is 16.4 Å². The van der Waals surface area contributed by atoms with E-state index in [2.05, 4.69) is 51.8 Å². The van der Waals surface area contributed by atoms with Gasteiger partial charge in [0, 0.05) is 13.1 Å². The van der Waals surface area contributed by atoms with Crippen molar-refractivity contribution in [3.8, 4) is 0 Å². The van der Waals surface area contributed by atoms with E-state index >= 15 is 0 Å². The molecule has 1 aromatic heterocycles. The Hall–Kier alpha value is -2.30. The third-order valence-electron chi connectivity index (χ3n) is 6.26. The molecule has 4 N–H and O–H groups in total. The minimum Gasteiger partial charge on any atom is -0.393 e. The van der Waals surface area contributed by atoms with Crippen molar-refractivity contribution in [2.75, 3.05) is 29.5 Å². The lowest BCUT2D eigenvalue weighted by Crippen LogP contribution is -2.12. The Balaban J connectivity index is 1.46. The summed E-state index contributed by atoms with van der Waals surface area (Å²) in [7, 11) is 0. The Morgan fingerprint density at radius 1 is 0.636 bits per heavy atom. The second kappa shape index (κ2) is 18.2. The summed E-state index contributed by atoms with van der Waals surface area (Å²) >= 11 is 0. The summed E-state index contributed by atoms with van der Waals surface area (Å²) in [6.45, 7) is 3.99. The molecule has 0 aliphatic heterocycles. The van der Waals surface area contributed by atoms with Crippen molar-refractivity contribution < 1.29 is 0 Å². The summed E-state index contributed by atoms with van der Waals surface area (Å²) in [6.07, 6.45) is 21.8. The van der Waals surface area contributed by atoms with E-state index in [-0.39, 0.29) is 0 Å². The Morgan fingerprint density at radius 3 is 1.67 bits per heavy atom. The third kappa shape index (κ3) is 12.5. The zero-order chi connectivity index (χ0) is 23.4. The van der Waals surface area contributed by atoms with Crippen LogP contribution >= 0.6 is 0 Å². The number of hydrogen-bond donors (Lipinski definition) is 3. The van der Waals surface area contributed by atoms with Gasteiger partial charge >= 0.3 is 0 Å². The van der Waals surface area contributed by atoms with E-state index in [4.69, 9.17) is 5.73 Å². The Bertz CT molecular complexity index is 719. The van der Waals surface area contributed by atoms with Crippen LogP contribution in [0.1, 0.15) is 102 Å². The van der Waals surface area contributed by atoms with Gasteiger partial charge in [-0.25, -0.2) is 9.97 Å². The molecule has 0 saturated heterocycles. The van der Waals surface area contributed by atoms with E-state index in [0.717, 1.165) is 31.7 Å². The van der Waals surface area contributed by atoms with Gasteiger partial charge in [-0.2, -0.15) is 0 Å². The molecule has 2 rings (SSSR count). The van der Waals surface area contributed by atoms with E-state index in [9.17, 15) is 0 Å². The first-order valence-corrected chi connectivity index (χ1v) is 13.4. The topological polar surface area (TPSA) is 75.9 Å². The van der Waals surface area contributed by atoms with Gasteiger partial charge in [-0.3, -0.25) is 0 Å². The van der Waals surface area contributed by atoms with E-state index < -0.39 is 0 Å². The summed E-state index contributed by atoms with van der Waals surface area (Å²) in [5, 5.41) is 6.73. The molecule has 5 heteroatoms. The third-order valence-corrected chi connectivity index (χ3v) is 6.26. The molecular formula is C28H47N5. The lowest BCUT2D eigenvalue weighted by Gasteiger charge is -2.12. The average Bonchev–Trinajstić information content (AvgIpc) is 2.84. The lowest BCUT2D eigenvalue weighted by molar-refractivity contribution is 0.537. The average molecular weight is 454 g/mol. The molecule has 33 heavy (non-hydrogen) atoms. The molecule has 0 fully saturated rings. The molecule has 1 heterocycles. The van der Waals surface area contributed by atoms with Crippen LogP contribution in [0, 0.1) is 0 Å². The number of nitrogen functional groups attached to an aromatic ring is 1. The zero-order valence-corrected chi connectivity index (χ0v) is 21.0. The molecule has 0 aliphatic carbocycles. The van der Waals surface area contributed by atoms with Crippen molar-refractivity contribution in [1.29, 1.82) is 0 Å². The predicted octanol–water partition coefficient (Wildman–Crippen LogP) is 7.61. The Labute approximate surface area is 202 Å². The van der Waals surface area contributed by atoms with Crippen LogP contribution in [0.2, 0.25) is 0 Å². The highest BCUT2D eigenvalue weighted by Crippen LogP contribution is 2.22. The van der Waals surface area contributed by atoms with Gasteiger partial charge in [0.15, 0.2) is 11.6 Å². The first-order chi connectivity index (χ1) is 16.3. The fraction of sp³-hybridized carbons (Fsp3) is 0.643.